The van der Waals surface area contributed by atoms with Crippen molar-refractivity contribution in [3.63, 3.8) is 0 Å². The number of anilines is 1. The molecule has 2 aliphatic carbocycles. The second-order valence-electron chi connectivity index (χ2n) is 7.79. The Bertz CT molecular complexity index is 814. The van der Waals surface area contributed by atoms with Gasteiger partial charge < -0.3 is 5.32 Å². The Morgan fingerprint density at radius 1 is 1.14 bits per heavy atom. The lowest BCUT2D eigenvalue weighted by molar-refractivity contribution is -0.140. The Hall–Kier alpha value is -0.730. The third-order valence-corrected chi connectivity index (χ3v) is 10.1. The number of likely N-dealkylation sites (tertiary alicyclic amines) is 1. The van der Waals surface area contributed by atoms with Gasteiger partial charge in [-0.1, -0.05) is 54.7 Å². The second kappa shape index (κ2) is 7.84. The Kier molecular flexibility index (Phi) is 5.75. The van der Waals surface area contributed by atoms with E-state index < -0.39 is 0 Å². The molecule has 1 aromatic carbocycles. The van der Waals surface area contributed by atoms with Crippen LogP contribution in [0.25, 0.3) is 0 Å². The van der Waals surface area contributed by atoms with Crippen LogP contribution in [0.5, 0.6) is 0 Å². The lowest BCUT2D eigenvalue weighted by atomic mass is 9.81. The number of alkyl halides is 2. The van der Waals surface area contributed by atoms with Crippen molar-refractivity contribution in [1.82, 2.24) is 4.90 Å². The van der Waals surface area contributed by atoms with E-state index in [1.54, 1.807) is 0 Å². The van der Waals surface area contributed by atoms with E-state index in [9.17, 15) is 14.4 Å². The third kappa shape index (κ3) is 3.29. The lowest BCUT2D eigenvalue weighted by Gasteiger charge is -2.28. The Morgan fingerprint density at radius 3 is 2.32 bits per heavy atom. The molecule has 3 amide bonds. The number of aryl methyl sites for hydroxylation is 1. The van der Waals surface area contributed by atoms with E-state index in [2.05, 4.69) is 53.1 Å². The highest BCUT2D eigenvalue weighted by Crippen LogP contribution is 2.60. The van der Waals surface area contributed by atoms with Crippen molar-refractivity contribution in [3.8, 4) is 0 Å². The molecule has 1 saturated heterocycles. The van der Waals surface area contributed by atoms with Gasteiger partial charge in [-0.2, -0.15) is 0 Å². The van der Waals surface area contributed by atoms with Gasteiger partial charge in [0.05, 0.1) is 11.8 Å². The summed E-state index contributed by atoms with van der Waals surface area (Å²) in [6, 6.07) is 5.72. The molecule has 8 heteroatoms. The Balaban J connectivity index is 1.40. The second-order valence-corrected chi connectivity index (χ2v) is 10.8. The summed E-state index contributed by atoms with van der Waals surface area (Å²) >= 11 is 10.8. The average Bonchev–Trinajstić information content (AvgIpc) is 3.27. The first kappa shape index (κ1) is 20.5. The fraction of sp³-hybridized carbons (Fsp3) is 0.550. The zero-order chi connectivity index (χ0) is 20.2. The maximum atomic E-state index is 12.9. The van der Waals surface area contributed by atoms with Gasteiger partial charge in [0, 0.05) is 32.8 Å². The van der Waals surface area contributed by atoms with Crippen LogP contribution in [0.15, 0.2) is 22.7 Å². The van der Waals surface area contributed by atoms with E-state index in [0.29, 0.717) is 0 Å². The van der Waals surface area contributed by atoms with Gasteiger partial charge in [0.2, 0.25) is 17.7 Å². The highest BCUT2D eigenvalue weighted by molar-refractivity contribution is 9.12. The summed E-state index contributed by atoms with van der Waals surface area (Å²) in [5.74, 6) is -0.439. The van der Waals surface area contributed by atoms with Crippen LogP contribution in [0.1, 0.15) is 25.3 Å². The van der Waals surface area contributed by atoms with E-state index in [0.717, 1.165) is 28.6 Å². The fourth-order valence-electron chi connectivity index (χ4n) is 5.03. The summed E-state index contributed by atoms with van der Waals surface area (Å²) in [6.07, 6.45) is 1.82. The first-order chi connectivity index (χ1) is 13.3. The molecule has 0 unspecified atom stereocenters. The molecule has 0 spiro atoms. The van der Waals surface area contributed by atoms with Crippen LogP contribution in [0.3, 0.4) is 0 Å². The number of amides is 3. The number of halogens is 3. The van der Waals surface area contributed by atoms with Gasteiger partial charge in [0.1, 0.15) is 0 Å². The van der Waals surface area contributed by atoms with Gasteiger partial charge >= 0.3 is 0 Å². The zero-order valence-electron chi connectivity index (χ0n) is 15.3. The Morgan fingerprint density at radius 2 is 1.75 bits per heavy atom. The molecule has 4 rings (SSSR count). The molecular formula is C20H21Br3N2O3. The van der Waals surface area contributed by atoms with Crippen LogP contribution in [0, 0.1) is 23.7 Å². The van der Waals surface area contributed by atoms with E-state index in [4.69, 9.17) is 0 Å². The predicted molar refractivity (Wildman–Crippen MR) is 117 cm³/mol. The number of benzene rings is 1. The van der Waals surface area contributed by atoms with Crippen LogP contribution >= 0.6 is 47.8 Å². The summed E-state index contributed by atoms with van der Waals surface area (Å²) in [5.41, 5.74) is 1.81. The van der Waals surface area contributed by atoms with Gasteiger partial charge in [0.25, 0.3) is 0 Å². The molecule has 0 radical (unpaired) electrons. The molecule has 3 aliphatic rings. The molecule has 5 nitrogen and oxygen atoms in total. The molecule has 1 aliphatic heterocycles. The largest absolute Gasteiger partial charge is 0.326 e. The van der Waals surface area contributed by atoms with Crippen LogP contribution in [-0.2, 0) is 20.8 Å². The average molecular weight is 577 g/mol. The quantitative estimate of drug-likeness (QED) is 0.424. The molecule has 1 aromatic rings. The number of rotatable bonds is 5. The molecule has 150 valence electrons. The molecular weight excluding hydrogens is 556 g/mol. The van der Waals surface area contributed by atoms with Crippen molar-refractivity contribution < 1.29 is 14.4 Å². The SMILES string of the molecule is CCc1cc(Br)ccc1NC(=O)CCN1C(=O)[C@H]2[C@@H]3C[C@@H]([C@@H](Br)[C@H]3Br)[C@@H]2C1=O. The van der Waals surface area contributed by atoms with Gasteiger partial charge in [-0.15, -0.1) is 0 Å². The first-order valence-corrected chi connectivity index (χ1v) is 12.2. The minimum Gasteiger partial charge on any atom is -0.326 e. The van der Waals surface area contributed by atoms with Crippen LogP contribution in [0.4, 0.5) is 5.69 Å². The number of carbonyl (C=O) groups excluding carboxylic acids is 3. The molecule has 2 bridgehead atoms. The third-order valence-electron chi connectivity index (χ3n) is 6.36. The maximum absolute atomic E-state index is 12.9. The van der Waals surface area contributed by atoms with E-state index >= 15 is 0 Å². The predicted octanol–water partition coefficient (Wildman–Crippen LogP) is 4.12. The van der Waals surface area contributed by atoms with Crippen LogP contribution in [0.2, 0.25) is 0 Å². The zero-order valence-corrected chi connectivity index (χ0v) is 20.1. The van der Waals surface area contributed by atoms with Crippen molar-refractivity contribution in [3.05, 3.63) is 28.2 Å². The van der Waals surface area contributed by atoms with Crippen LogP contribution in [-0.4, -0.2) is 38.8 Å². The van der Waals surface area contributed by atoms with Gasteiger partial charge in [-0.25, -0.2) is 0 Å². The minimum atomic E-state index is -0.225. The normalized spacial score (nSPS) is 33.5. The summed E-state index contributed by atoms with van der Waals surface area (Å²) in [7, 11) is 0. The smallest absolute Gasteiger partial charge is 0.233 e. The summed E-state index contributed by atoms with van der Waals surface area (Å²) in [5, 5.41) is 2.91. The topological polar surface area (TPSA) is 66.5 Å². The standard InChI is InChI=1S/C20H21Br3N2O3/c1-2-9-7-10(21)3-4-13(9)24-14(26)5-6-25-19(27)15-11-8-12(16(15)20(25)28)18(23)17(11)22/h3-4,7,11-12,15-18H,2,5-6,8H2,1H3,(H,24,26)/t11-,12+,15-,16-,17-,18+/m0/s1. The van der Waals surface area contributed by atoms with E-state index in [-0.39, 0.29) is 64.0 Å². The highest BCUT2D eigenvalue weighted by atomic mass is 79.9. The molecule has 28 heavy (non-hydrogen) atoms. The molecule has 2 saturated carbocycles. The number of imide groups is 1. The minimum absolute atomic E-state index is 0.1000. The van der Waals surface area contributed by atoms with Crippen molar-refractivity contribution in [2.24, 2.45) is 23.7 Å². The van der Waals surface area contributed by atoms with Crippen LogP contribution < -0.4 is 5.32 Å². The number of hydrogen-bond donors (Lipinski definition) is 1. The van der Waals surface area contributed by atoms with Gasteiger partial charge in [0.15, 0.2) is 0 Å². The summed E-state index contributed by atoms with van der Waals surface area (Å²) in [6.45, 7) is 2.17. The Labute approximate surface area is 189 Å². The van der Waals surface area contributed by atoms with Gasteiger partial charge in [-0.3, -0.25) is 19.3 Å². The molecule has 3 fully saturated rings. The molecule has 6 atom stereocenters. The van der Waals surface area contributed by atoms with Gasteiger partial charge in [-0.05, 0) is 48.4 Å². The first-order valence-electron chi connectivity index (χ1n) is 9.55. The fourth-order valence-corrected chi connectivity index (χ4v) is 7.32. The molecule has 1 heterocycles. The molecule has 1 N–H and O–H groups in total. The van der Waals surface area contributed by atoms with Crippen molar-refractivity contribution >= 4 is 71.2 Å². The van der Waals surface area contributed by atoms with Crippen molar-refractivity contribution in [2.45, 2.75) is 35.8 Å². The van der Waals surface area contributed by atoms with Crippen molar-refractivity contribution in [1.29, 1.82) is 0 Å². The van der Waals surface area contributed by atoms with E-state index in [1.165, 1.54) is 4.90 Å². The number of nitrogens with one attached hydrogen (secondary N) is 1. The van der Waals surface area contributed by atoms with Crippen molar-refractivity contribution in [2.75, 3.05) is 11.9 Å². The molecule has 0 aromatic heterocycles. The summed E-state index contributed by atoms with van der Waals surface area (Å²) in [4.78, 5) is 40.0. The maximum Gasteiger partial charge on any atom is 0.233 e. The number of nitrogens with zero attached hydrogens (tertiary/aromatic N) is 1. The summed E-state index contributed by atoms with van der Waals surface area (Å²) < 4.78 is 0.965. The highest BCUT2D eigenvalue weighted by Gasteiger charge is 2.66. The number of fused-ring (bicyclic) bond motifs is 5. The number of hydrogen-bond acceptors (Lipinski definition) is 3. The monoisotopic (exact) mass is 574 g/mol. The van der Waals surface area contributed by atoms with E-state index in [1.807, 2.05) is 25.1 Å². The number of carbonyl (C=O) groups is 3. The lowest BCUT2D eigenvalue weighted by Crippen LogP contribution is -2.37.